The zero-order valence-electron chi connectivity index (χ0n) is 18.8. The summed E-state index contributed by atoms with van der Waals surface area (Å²) in [7, 11) is 1.53. The maximum Gasteiger partial charge on any atom is 0.220 e. The van der Waals surface area contributed by atoms with E-state index in [0.29, 0.717) is 40.6 Å². The molecule has 0 amide bonds. The lowest BCUT2D eigenvalue weighted by atomic mass is 9.83. The number of hydroxylamine groups is 1. The fourth-order valence-corrected chi connectivity index (χ4v) is 4.01. The molecular weight excluding hydrogens is 441 g/mol. The zero-order valence-corrected chi connectivity index (χ0v) is 18.8. The topological polar surface area (TPSA) is 136 Å². The number of nitrogen functional groups attached to an aromatic ring is 1. The van der Waals surface area contributed by atoms with Crippen molar-refractivity contribution in [1.82, 2.24) is 20.4 Å². The SMILES string of the molecule is COc1cccc(-c2cc(F)ccc2[C@H]2C=C(NOC[C@@H](O)CO)c3c(C)nc(N)nc3C2)n1. The normalized spacial score (nSPS) is 15.9. The van der Waals surface area contributed by atoms with Gasteiger partial charge in [-0.15, -0.1) is 0 Å². The van der Waals surface area contributed by atoms with Crippen molar-refractivity contribution in [2.45, 2.75) is 25.4 Å². The van der Waals surface area contributed by atoms with Crippen LogP contribution >= 0.6 is 0 Å². The molecule has 0 aliphatic heterocycles. The van der Waals surface area contributed by atoms with Crippen LogP contribution < -0.4 is 16.0 Å². The Morgan fingerprint density at radius 1 is 1.24 bits per heavy atom. The number of aliphatic hydroxyl groups is 2. The van der Waals surface area contributed by atoms with Crippen LogP contribution in [-0.2, 0) is 11.3 Å². The van der Waals surface area contributed by atoms with Crippen LogP contribution in [0.15, 0.2) is 42.5 Å². The summed E-state index contributed by atoms with van der Waals surface area (Å²) >= 11 is 0. The molecule has 0 saturated carbocycles. The fraction of sp³-hybridized carbons (Fsp3) is 0.292. The molecule has 4 rings (SSSR count). The van der Waals surface area contributed by atoms with Gasteiger partial charge in [-0.25, -0.2) is 19.3 Å². The fourth-order valence-electron chi connectivity index (χ4n) is 4.01. The van der Waals surface area contributed by atoms with Crippen LogP contribution in [0.3, 0.4) is 0 Å². The molecule has 0 radical (unpaired) electrons. The van der Waals surface area contributed by atoms with Gasteiger partial charge in [0.1, 0.15) is 18.5 Å². The molecule has 1 aliphatic carbocycles. The summed E-state index contributed by atoms with van der Waals surface area (Å²) in [6, 6.07) is 9.90. The van der Waals surface area contributed by atoms with Gasteiger partial charge in [-0.2, -0.15) is 0 Å². The van der Waals surface area contributed by atoms with Gasteiger partial charge < -0.3 is 20.7 Å². The van der Waals surface area contributed by atoms with Crippen LogP contribution in [0.4, 0.5) is 10.3 Å². The molecular formula is C24H26FN5O4. The number of rotatable bonds is 8. The lowest BCUT2D eigenvalue weighted by Crippen LogP contribution is -2.27. The monoisotopic (exact) mass is 467 g/mol. The highest BCUT2D eigenvalue weighted by Crippen LogP contribution is 2.38. The van der Waals surface area contributed by atoms with Gasteiger partial charge in [0.15, 0.2) is 0 Å². The van der Waals surface area contributed by atoms with E-state index >= 15 is 0 Å². The number of benzene rings is 1. The van der Waals surface area contributed by atoms with Crippen molar-refractivity contribution in [1.29, 1.82) is 0 Å². The number of pyridine rings is 1. The number of methoxy groups -OCH3 is 1. The Hall–Kier alpha value is -3.60. The van der Waals surface area contributed by atoms with Crippen molar-refractivity contribution in [2.24, 2.45) is 0 Å². The first-order valence-electron chi connectivity index (χ1n) is 10.7. The summed E-state index contributed by atoms with van der Waals surface area (Å²) in [5.41, 5.74) is 13.5. The number of allylic oxidation sites excluding steroid dienone is 1. The van der Waals surface area contributed by atoms with Crippen molar-refractivity contribution in [2.75, 3.05) is 26.1 Å². The van der Waals surface area contributed by atoms with E-state index in [1.165, 1.54) is 19.2 Å². The third kappa shape index (κ3) is 4.98. The van der Waals surface area contributed by atoms with Crippen molar-refractivity contribution in [3.05, 3.63) is 70.8 Å². The van der Waals surface area contributed by atoms with Gasteiger partial charge in [0.25, 0.3) is 0 Å². The maximum atomic E-state index is 14.3. The van der Waals surface area contributed by atoms with E-state index in [2.05, 4.69) is 20.4 Å². The van der Waals surface area contributed by atoms with Crippen molar-refractivity contribution >= 4 is 11.6 Å². The molecule has 1 aliphatic rings. The van der Waals surface area contributed by atoms with Gasteiger partial charge in [-0.3, -0.25) is 10.3 Å². The van der Waals surface area contributed by atoms with Crippen molar-refractivity contribution in [3.8, 4) is 17.1 Å². The second-order valence-corrected chi connectivity index (χ2v) is 7.93. The van der Waals surface area contributed by atoms with Crippen LogP contribution in [0.5, 0.6) is 5.88 Å². The average Bonchev–Trinajstić information content (AvgIpc) is 2.83. The third-order valence-electron chi connectivity index (χ3n) is 5.52. The first-order chi connectivity index (χ1) is 16.4. The van der Waals surface area contributed by atoms with Crippen LogP contribution in [-0.4, -0.2) is 51.6 Å². The molecule has 34 heavy (non-hydrogen) atoms. The first-order valence-corrected chi connectivity index (χ1v) is 10.7. The number of hydrogen-bond acceptors (Lipinski definition) is 9. The lowest BCUT2D eigenvalue weighted by Gasteiger charge is -2.27. The van der Waals surface area contributed by atoms with E-state index in [0.717, 1.165) is 11.1 Å². The number of nitrogens with one attached hydrogen (secondary N) is 1. The Kier molecular flexibility index (Phi) is 7.01. The third-order valence-corrected chi connectivity index (χ3v) is 5.52. The Labute approximate surface area is 196 Å². The summed E-state index contributed by atoms with van der Waals surface area (Å²) in [5.74, 6) is -0.0300. The van der Waals surface area contributed by atoms with E-state index in [1.54, 1.807) is 24.3 Å². The lowest BCUT2D eigenvalue weighted by molar-refractivity contribution is -0.0191. The minimum absolute atomic E-state index is 0.127. The number of anilines is 1. The largest absolute Gasteiger partial charge is 0.481 e. The van der Waals surface area contributed by atoms with Crippen molar-refractivity contribution < 1.29 is 24.2 Å². The molecule has 9 nitrogen and oxygen atoms in total. The highest BCUT2D eigenvalue weighted by Gasteiger charge is 2.27. The minimum atomic E-state index is -1.03. The molecule has 2 heterocycles. The summed E-state index contributed by atoms with van der Waals surface area (Å²) in [5, 5.41) is 18.6. The Balaban J connectivity index is 1.77. The van der Waals surface area contributed by atoms with Gasteiger partial charge in [-0.05, 0) is 30.7 Å². The maximum absolute atomic E-state index is 14.3. The molecule has 0 spiro atoms. The van der Waals surface area contributed by atoms with Gasteiger partial charge in [0.05, 0.1) is 36.5 Å². The number of aromatic nitrogens is 3. The Morgan fingerprint density at radius 3 is 2.82 bits per heavy atom. The molecule has 178 valence electrons. The van der Waals surface area contributed by atoms with Gasteiger partial charge in [0.2, 0.25) is 11.8 Å². The second kappa shape index (κ2) is 10.1. The predicted octanol–water partition coefficient (Wildman–Crippen LogP) is 2.13. The van der Waals surface area contributed by atoms with E-state index in [1.807, 2.05) is 13.0 Å². The minimum Gasteiger partial charge on any atom is -0.481 e. The molecule has 0 saturated heterocycles. The number of aryl methyl sites for hydroxylation is 1. The second-order valence-electron chi connectivity index (χ2n) is 7.93. The van der Waals surface area contributed by atoms with E-state index in [9.17, 15) is 9.50 Å². The molecule has 2 atom stereocenters. The van der Waals surface area contributed by atoms with Crippen LogP contribution in [0.25, 0.3) is 17.0 Å². The molecule has 0 bridgehead atoms. The van der Waals surface area contributed by atoms with Crippen LogP contribution in [0.2, 0.25) is 0 Å². The predicted molar refractivity (Wildman–Crippen MR) is 124 cm³/mol. The summed E-state index contributed by atoms with van der Waals surface area (Å²) in [6.07, 6.45) is 1.41. The molecule has 0 fully saturated rings. The molecule has 3 aromatic rings. The highest BCUT2D eigenvalue weighted by atomic mass is 19.1. The number of ether oxygens (including phenoxy) is 1. The van der Waals surface area contributed by atoms with Crippen molar-refractivity contribution in [3.63, 3.8) is 0 Å². The van der Waals surface area contributed by atoms with Gasteiger partial charge in [0, 0.05) is 29.5 Å². The summed E-state index contributed by atoms with van der Waals surface area (Å²) < 4.78 is 19.5. The van der Waals surface area contributed by atoms with E-state index in [4.69, 9.17) is 20.4 Å². The highest BCUT2D eigenvalue weighted by molar-refractivity contribution is 5.73. The van der Waals surface area contributed by atoms with Gasteiger partial charge >= 0.3 is 0 Å². The van der Waals surface area contributed by atoms with Gasteiger partial charge in [-0.1, -0.05) is 18.2 Å². The number of aliphatic hydroxyl groups excluding tert-OH is 2. The summed E-state index contributed by atoms with van der Waals surface area (Å²) in [4.78, 5) is 18.6. The standard InChI is InChI=1S/C24H26FN5O4/c1-13-23-20(29-24(26)27-13)8-14(9-21(23)30-34-12-16(32)11-31)17-7-6-15(25)10-18(17)19-4-3-5-22(28-19)33-2/h3-7,9-10,14,16,30-32H,8,11-12H2,1-2H3,(H2,26,27,29)/t14-,16+/m1/s1. The number of halogens is 1. The number of hydrogen-bond donors (Lipinski definition) is 4. The number of nitrogens with two attached hydrogens (primary N) is 1. The smallest absolute Gasteiger partial charge is 0.220 e. The van der Waals surface area contributed by atoms with Crippen LogP contribution in [0, 0.1) is 12.7 Å². The number of fused-ring (bicyclic) bond motifs is 1. The Morgan fingerprint density at radius 2 is 2.06 bits per heavy atom. The molecule has 1 aromatic carbocycles. The van der Waals surface area contributed by atoms with E-state index < -0.39 is 12.7 Å². The first kappa shape index (κ1) is 23.6. The molecule has 10 heteroatoms. The molecule has 2 aromatic heterocycles. The zero-order chi connectivity index (χ0) is 24.2. The van der Waals surface area contributed by atoms with Crippen LogP contribution in [0.1, 0.15) is 28.4 Å². The molecule has 0 unspecified atom stereocenters. The molecule has 5 N–H and O–H groups in total. The Bertz CT molecular complexity index is 1220. The average molecular weight is 468 g/mol. The number of nitrogens with zero attached hydrogens (tertiary/aromatic N) is 3. The summed E-state index contributed by atoms with van der Waals surface area (Å²) in [6.45, 7) is 1.27. The van der Waals surface area contributed by atoms with E-state index in [-0.39, 0.29) is 24.3 Å². The quantitative estimate of drug-likeness (QED) is 0.367.